The topological polar surface area (TPSA) is 131 Å². The summed E-state index contributed by atoms with van der Waals surface area (Å²) in [6.07, 6.45) is 0. The van der Waals surface area contributed by atoms with Crippen molar-refractivity contribution in [3.05, 3.63) is 59.2 Å². The van der Waals surface area contributed by atoms with E-state index in [9.17, 15) is 22.8 Å². The maximum Gasteiger partial charge on any atom is 0.338 e. The van der Waals surface area contributed by atoms with E-state index in [1.807, 2.05) is 18.3 Å². The number of urea groups is 1. The molecular weight excluding hydrogens is 422 g/mol. The lowest BCUT2D eigenvalue weighted by Crippen LogP contribution is -2.44. The first kappa shape index (κ1) is 23.9. The molecule has 2 aromatic rings. The van der Waals surface area contributed by atoms with Crippen molar-refractivity contribution in [2.75, 3.05) is 11.3 Å². The molecule has 31 heavy (non-hydrogen) atoms. The van der Waals surface area contributed by atoms with Crippen molar-refractivity contribution in [2.45, 2.75) is 38.6 Å². The minimum Gasteiger partial charge on any atom is -0.452 e. The number of sulfonamides is 1. The van der Waals surface area contributed by atoms with Crippen LogP contribution >= 0.6 is 0 Å². The average molecular weight is 448 g/mol. The van der Waals surface area contributed by atoms with Crippen molar-refractivity contribution < 1.29 is 27.5 Å². The Morgan fingerprint density at radius 2 is 1.74 bits per heavy atom. The summed E-state index contributed by atoms with van der Waals surface area (Å²) in [4.78, 5) is 35.5. The van der Waals surface area contributed by atoms with Crippen LogP contribution in [0.5, 0.6) is 0 Å². The third-order valence-corrected chi connectivity index (χ3v) is 5.40. The monoisotopic (exact) mass is 447 g/mol. The molecule has 10 heteroatoms. The van der Waals surface area contributed by atoms with Gasteiger partial charge in [-0.25, -0.2) is 18.0 Å². The minimum atomic E-state index is -3.95. The minimum absolute atomic E-state index is 0.00782. The van der Waals surface area contributed by atoms with Crippen LogP contribution in [0.2, 0.25) is 0 Å². The Balaban J connectivity index is 2.10. The highest BCUT2D eigenvalue weighted by atomic mass is 32.2. The van der Waals surface area contributed by atoms with Gasteiger partial charge in [0.1, 0.15) is 0 Å². The number of nitrogens with one attached hydrogen (secondary N) is 3. The van der Waals surface area contributed by atoms with E-state index < -0.39 is 34.5 Å². The largest absolute Gasteiger partial charge is 0.452 e. The van der Waals surface area contributed by atoms with E-state index in [4.69, 9.17) is 4.74 Å². The fourth-order valence-electron chi connectivity index (χ4n) is 2.58. The highest BCUT2D eigenvalue weighted by Gasteiger charge is 2.20. The lowest BCUT2D eigenvalue weighted by atomic mass is 10.1. The molecule has 0 saturated heterocycles. The van der Waals surface area contributed by atoms with Crippen LogP contribution in [0, 0.1) is 13.8 Å². The molecule has 0 heterocycles. The zero-order chi connectivity index (χ0) is 23.2. The lowest BCUT2D eigenvalue weighted by Gasteiger charge is -2.12. The number of hydrogen-bond donors (Lipinski definition) is 3. The SMILES string of the molecule is Cc1cccc(NS(=O)(=O)c2ccc(C)c(C(=O)OCC(=O)NC(=O)NC(C)C)c2)c1. The number of anilines is 1. The van der Waals surface area contributed by atoms with Crippen molar-refractivity contribution >= 4 is 33.6 Å². The molecule has 0 spiro atoms. The summed E-state index contributed by atoms with van der Waals surface area (Å²) in [5.74, 6) is -1.70. The zero-order valence-electron chi connectivity index (χ0n) is 17.7. The van der Waals surface area contributed by atoms with Crippen LogP contribution in [0.4, 0.5) is 10.5 Å². The molecule has 9 nitrogen and oxygen atoms in total. The summed E-state index contributed by atoms with van der Waals surface area (Å²) in [6, 6.07) is 9.98. The van der Waals surface area contributed by atoms with Gasteiger partial charge in [-0.3, -0.25) is 14.8 Å². The summed E-state index contributed by atoms with van der Waals surface area (Å²) in [5, 5.41) is 4.49. The van der Waals surface area contributed by atoms with Crippen LogP contribution in [-0.4, -0.2) is 39.0 Å². The van der Waals surface area contributed by atoms with E-state index in [0.717, 1.165) is 5.56 Å². The summed E-state index contributed by atoms with van der Waals surface area (Å²) >= 11 is 0. The predicted octanol–water partition coefficient (Wildman–Crippen LogP) is 2.50. The van der Waals surface area contributed by atoms with Gasteiger partial charge in [-0.05, 0) is 63.1 Å². The van der Waals surface area contributed by atoms with Crippen molar-refractivity contribution in [1.29, 1.82) is 0 Å². The maximum atomic E-state index is 12.7. The number of benzene rings is 2. The van der Waals surface area contributed by atoms with Crippen LogP contribution < -0.4 is 15.4 Å². The Labute approximate surface area is 181 Å². The van der Waals surface area contributed by atoms with E-state index in [2.05, 4.69) is 10.0 Å². The van der Waals surface area contributed by atoms with Gasteiger partial charge in [-0.1, -0.05) is 18.2 Å². The van der Waals surface area contributed by atoms with E-state index in [1.54, 1.807) is 39.0 Å². The molecule has 0 aliphatic carbocycles. The summed E-state index contributed by atoms with van der Waals surface area (Å²) in [7, 11) is -3.95. The Morgan fingerprint density at radius 1 is 1.03 bits per heavy atom. The Kier molecular flexibility index (Phi) is 7.76. The number of ether oxygens (including phenoxy) is 1. The molecule has 2 aromatic carbocycles. The van der Waals surface area contributed by atoms with Crippen molar-refractivity contribution in [3.8, 4) is 0 Å². The van der Waals surface area contributed by atoms with Gasteiger partial charge >= 0.3 is 12.0 Å². The molecule has 3 amide bonds. The molecule has 3 N–H and O–H groups in total. The van der Waals surface area contributed by atoms with Crippen LogP contribution in [-0.2, 0) is 19.6 Å². The fraction of sp³-hybridized carbons (Fsp3) is 0.286. The molecule has 0 bridgehead atoms. The van der Waals surface area contributed by atoms with Gasteiger partial charge in [0.15, 0.2) is 6.61 Å². The van der Waals surface area contributed by atoms with Gasteiger partial charge in [0.05, 0.1) is 10.5 Å². The second kappa shape index (κ2) is 10.1. The molecule has 0 aromatic heterocycles. The molecule has 166 valence electrons. The van der Waals surface area contributed by atoms with Gasteiger partial charge in [0.2, 0.25) is 0 Å². The molecular formula is C21H25N3O6S. The van der Waals surface area contributed by atoms with Crippen molar-refractivity contribution in [1.82, 2.24) is 10.6 Å². The number of imide groups is 1. The Hall–Kier alpha value is -3.40. The zero-order valence-corrected chi connectivity index (χ0v) is 18.5. The van der Waals surface area contributed by atoms with Gasteiger partial charge in [0, 0.05) is 11.7 Å². The number of rotatable bonds is 7. The van der Waals surface area contributed by atoms with Gasteiger partial charge in [-0.15, -0.1) is 0 Å². The first-order valence-corrected chi connectivity index (χ1v) is 10.9. The standard InChI is InChI=1S/C21H25N3O6S/c1-13(2)22-21(27)23-19(25)12-30-20(26)18-11-17(9-8-15(18)4)31(28,29)24-16-7-5-6-14(3)10-16/h5-11,13,24H,12H2,1-4H3,(H2,22,23,25,27). The van der Waals surface area contributed by atoms with E-state index in [-0.39, 0.29) is 16.5 Å². The number of aryl methyl sites for hydroxylation is 2. The number of carbonyl (C=O) groups excluding carboxylic acids is 3. The van der Waals surface area contributed by atoms with E-state index in [1.165, 1.54) is 18.2 Å². The third kappa shape index (κ3) is 7.10. The molecule has 0 saturated carbocycles. The molecule has 0 unspecified atom stereocenters. The maximum absolute atomic E-state index is 12.7. The molecule has 0 aliphatic heterocycles. The average Bonchev–Trinajstić information content (AvgIpc) is 2.65. The number of carbonyl (C=O) groups is 3. The third-order valence-electron chi connectivity index (χ3n) is 4.02. The van der Waals surface area contributed by atoms with Gasteiger partial charge in [-0.2, -0.15) is 0 Å². The Morgan fingerprint density at radius 3 is 2.39 bits per heavy atom. The van der Waals surface area contributed by atoms with Gasteiger partial charge in [0.25, 0.3) is 15.9 Å². The molecule has 0 aliphatic rings. The number of amides is 3. The predicted molar refractivity (Wildman–Crippen MR) is 115 cm³/mol. The summed E-state index contributed by atoms with van der Waals surface area (Å²) in [5.41, 5.74) is 1.73. The van der Waals surface area contributed by atoms with Crippen LogP contribution in [0.15, 0.2) is 47.4 Å². The van der Waals surface area contributed by atoms with E-state index in [0.29, 0.717) is 11.3 Å². The summed E-state index contributed by atoms with van der Waals surface area (Å²) < 4.78 is 32.8. The molecule has 0 atom stereocenters. The van der Waals surface area contributed by atoms with Gasteiger partial charge < -0.3 is 10.1 Å². The molecule has 0 fully saturated rings. The first-order chi connectivity index (χ1) is 14.5. The number of esters is 1. The fourth-order valence-corrected chi connectivity index (χ4v) is 3.66. The second-order valence-corrected chi connectivity index (χ2v) is 8.89. The summed E-state index contributed by atoms with van der Waals surface area (Å²) in [6.45, 7) is 6.20. The Bertz CT molecular complexity index is 1100. The van der Waals surface area contributed by atoms with Crippen molar-refractivity contribution in [2.24, 2.45) is 0 Å². The molecule has 0 radical (unpaired) electrons. The number of hydrogen-bond acceptors (Lipinski definition) is 6. The second-order valence-electron chi connectivity index (χ2n) is 7.20. The molecule has 2 rings (SSSR count). The van der Waals surface area contributed by atoms with Crippen LogP contribution in [0.1, 0.15) is 35.3 Å². The normalized spacial score (nSPS) is 11.0. The quantitative estimate of drug-likeness (QED) is 0.559. The highest BCUT2D eigenvalue weighted by molar-refractivity contribution is 7.92. The van der Waals surface area contributed by atoms with Crippen LogP contribution in [0.3, 0.4) is 0 Å². The van der Waals surface area contributed by atoms with E-state index >= 15 is 0 Å². The smallest absolute Gasteiger partial charge is 0.338 e. The lowest BCUT2D eigenvalue weighted by molar-refractivity contribution is -0.123. The van der Waals surface area contributed by atoms with Crippen LogP contribution in [0.25, 0.3) is 0 Å². The highest BCUT2D eigenvalue weighted by Crippen LogP contribution is 2.20. The van der Waals surface area contributed by atoms with Crippen molar-refractivity contribution in [3.63, 3.8) is 0 Å². The first-order valence-electron chi connectivity index (χ1n) is 9.45.